The third-order valence-electron chi connectivity index (χ3n) is 6.99. The van der Waals surface area contributed by atoms with Crippen molar-refractivity contribution in [3.05, 3.63) is 45.7 Å². The first kappa shape index (κ1) is 24.0. The molecule has 0 spiro atoms. The zero-order chi connectivity index (χ0) is 25.2. The number of hydrogen-bond acceptors (Lipinski definition) is 8. The monoisotopic (exact) mass is 470 g/mol. The number of fused-ring (bicyclic) bond motifs is 3. The Morgan fingerprint density at radius 2 is 1.85 bits per heavy atom. The van der Waals surface area contributed by atoms with Crippen molar-refractivity contribution in [2.75, 3.05) is 6.54 Å². The van der Waals surface area contributed by atoms with Crippen LogP contribution in [0.15, 0.2) is 29.0 Å². The second-order valence-electron chi connectivity index (χ2n) is 10.7. The molecule has 1 aromatic carbocycles. The first-order valence-electron chi connectivity index (χ1n) is 11.3. The number of aliphatic hydroxyl groups is 3. The summed E-state index contributed by atoms with van der Waals surface area (Å²) in [6.07, 6.45) is 0.0990. The number of rotatable bonds is 4. The summed E-state index contributed by atoms with van der Waals surface area (Å²) in [4.78, 5) is 37.5. The van der Waals surface area contributed by atoms with E-state index < -0.39 is 52.0 Å². The fourth-order valence-electron chi connectivity index (χ4n) is 5.35. The van der Waals surface area contributed by atoms with Crippen LogP contribution >= 0.6 is 0 Å². The standard InChI is InChI=1S/C25H30N2O7/c1-24(2,3)10-27-9-12-5-4-11-6-13-7-14-8-15(28)18(23(26)33)22(32)25(14,34)21(31)17(13)20(30)16(11)19(12)29/h4-5,13-14,27,29-30,32,34H,6-10H2,1-3H3,(H2,26,33)/t13-,14-,25-/m0/s1. The highest BCUT2D eigenvalue weighted by atomic mass is 16.3. The van der Waals surface area contributed by atoms with Gasteiger partial charge in [0.25, 0.3) is 5.91 Å². The number of aliphatic hydroxyl groups excluding tert-OH is 2. The number of nitrogens with two attached hydrogens (primary N) is 1. The summed E-state index contributed by atoms with van der Waals surface area (Å²) >= 11 is 0. The molecular weight excluding hydrogens is 440 g/mol. The van der Waals surface area contributed by atoms with Gasteiger partial charge in [-0.3, -0.25) is 14.4 Å². The number of Topliss-reactive ketones (excluding diaryl/α,β-unsaturated/α-hetero) is 2. The van der Waals surface area contributed by atoms with Crippen molar-refractivity contribution in [3.63, 3.8) is 0 Å². The van der Waals surface area contributed by atoms with E-state index in [1.54, 1.807) is 12.1 Å². The summed E-state index contributed by atoms with van der Waals surface area (Å²) in [7, 11) is 0. The zero-order valence-electron chi connectivity index (χ0n) is 19.4. The normalized spacial score (nSPS) is 26.8. The molecule has 0 bridgehead atoms. The van der Waals surface area contributed by atoms with Crippen molar-refractivity contribution in [3.8, 4) is 5.75 Å². The Balaban J connectivity index is 1.77. The molecule has 0 unspecified atom stereocenters. The topological polar surface area (TPSA) is 170 Å². The minimum atomic E-state index is -2.54. The van der Waals surface area contributed by atoms with Gasteiger partial charge in [0.05, 0.1) is 5.56 Å². The van der Waals surface area contributed by atoms with Crippen molar-refractivity contribution < 1.29 is 34.8 Å². The van der Waals surface area contributed by atoms with Crippen LogP contribution in [0.25, 0.3) is 5.76 Å². The zero-order valence-corrected chi connectivity index (χ0v) is 19.4. The van der Waals surface area contributed by atoms with Gasteiger partial charge in [0.15, 0.2) is 11.4 Å². The van der Waals surface area contributed by atoms with Gasteiger partial charge in [-0.15, -0.1) is 0 Å². The lowest BCUT2D eigenvalue weighted by atomic mass is 9.59. The molecular formula is C25H30N2O7. The van der Waals surface area contributed by atoms with Gasteiger partial charge in [0.2, 0.25) is 5.78 Å². The van der Waals surface area contributed by atoms with Gasteiger partial charge in [0, 0.05) is 36.6 Å². The molecule has 1 aromatic rings. The summed E-state index contributed by atoms with van der Waals surface area (Å²) in [6.45, 7) is 7.25. The quantitative estimate of drug-likeness (QED) is 0.360. The SMILES string of the molecule is CC(C)(C)CNCc1ccc2c(c1O)C(O)=C1C(=O)[C@]3(O)C(O)=C(C(N)=O)C(=O)C[C@@H]3C[C@@H]1C2. The van der Waals surface area contributed by atoms with Crippen LogP contribution < -0.4 is 11.1 Å². The summed E-state index contributed by atoms with van der Waals surface area (Å²) in [5, 5.41) is 47.2. The molecule has 182 valence electrons. The van der Waals surface area contributed by atoms with Crippen molar-refractivity contribution in [1.82, 2.24) is 5.32 Å². The molecule has 3 aliphatic carbocycles. The Hall–Kier alpha value is -3.17. The van der Waals surface area contributed by atoms with Crippen LogP contribution in [0.4, 0.5) is 0 Å². The van der Waals surface area contributed by atoms with E-state index in [2.05, 4.69) is 26.1 Å². The molecule has 4 rings (SSSR count). The molecule has 0 aliphatic heterocycles. The number of aromatic hydroxyl groups is 1. The van der Waals surface area contributed by atoms with E-state index in [4.69, 9.17) is 5.73 Å². The molecule has 0 aromatic heterocycles. The lowest BCUT2D eigenvalue weighted by Crippen LogP contribution is -2.58. The van der Waals surface area contributed by atoms with Crippen molar-refractivity contribution in [2.24, 2.45) is 23.0 Å². The van der Waals surface area contributed by atoms with E-state index in [1.807, 2.05) is 0 Å². The number of hydrogen-bond donors (Lipinski definition) is 6. The Labute approximate surface area is 197 Å². The number of amides is 1. The average molecular weight is 471 g/mol. The van der Waals surface area contributed by atoms with Gasteiger partial charge in [-0.25, -0.2) is 0 Å². The largest absolute Gasteiger partial charge is 0.508 e. The molecule has 9 heteroatoms. The van der Waals surface area contributed by atoms with Gasteiger partial charge >= 0.3 is 0 Å². The molecule has 1 amide bonds. The van der Waals surface area contributed by atoms with Crippen LogP contribution in [-0.2, 0) is 27.3 Å². The number of nitrogens with one attached hydrogen (secondary N) is 1. The predicted molar refractivity (Wildman–Crippen MR) is 123 cm³/mol. The molecule has 1 fully saturated rings. The first-order chi connectivity index (χ1) is 15.8. The second kappa shape index (κ2) is 7.95. The summed E-state index contributed by atoms with van der Waals surface area (Å²) in [5.74, 6) is -6.15. The van der Waals surface area contributed by atoms with Crippen LogP contribution in [0.3, 0.4) is 0 Å². The van der Waals surface area contributed by atoms with Gasteiger partial charge in [-0.2, -0.15) is 0 Å². The fourth-order valence-corrected chi connectivity index (χ4v) is 5.35. The maximum Gasteiger partial charge on any atom is 0.255 e. The van der Waals surface area contributed by atoms with E-state index in [0.29, 0.717) is 30.6 Å². The Morgan fingerprint density at radius 1 is 1.18 bits per heavy atom. The molecule has 9 nitrogen and oxygen atoms in total. The summed E-state index contributed by atoms with van der Waals surface area (Å²) in [6, 6.07) is 3.55. The maximum absolute atomic E-state index is 13.5. The maximum atomic E-state index is 13.5. The minimum Gasteiger partial charge on any atom is -0.508 e. The molecule has 0 heterocycles. The average Bonchev–Trinajstić information content (AvgIpc) is 2.71. The second-order valence-corrected chi connectivity index (χ2v) is 10.7. The van der Waals surface area contributed by atoms with Gasteiger partial charge < -0.3 is 31.5 Å². The third kappa shape index (κ3) is 3.59. The predicted octanol–water partition coefficient (Wildman–Crippen LogP) is 1.56. The van der Waals surface area contributed by atoms with E-state index in [1.165, 1.54) is 0 Å². The molecule has 0 radical (unpaired) electrons. The van der Waals surface area contributed by atoms with Crippen LogP contribution in [0, 0.1) is 17.3 Å². The number of primary amides is 1. The highest BCUT2D eigenvalue weighted by Gasteiger charge is 2.60. The minimum absolute atomic E-state index is 0.0301. The van der Waals surface area contributed by atoms with Crippen molar-refractivity contribution >= 4 is 23.2 Å². The van der Waals surface area contributed by atoms with Crippen LogP contribution in [0.1, 0.15) is 50.3 Å². The highest BCUT2D eigenvalue weighted by Crippen LogP contribution is 2.52. The van der Waals surface area contributed by atoms with Crippen LogP contribution in [0.5, 0.6) is 5.75 Å². The Kier molecular flexibility index (Phi) is 5.61. The first-order valence-corrected chi connectivity index (χ1v) is 11.3. The van der Waals surface area contributed by atoms with E-state index in [0.717, 1.165) is 0 Å². The number of benzene rings is 1. The molecule has 7 N–H and O–H groups in total. The Morgan fingerprint density at radius 3 is 2.47 bits per heavy atom. The number of phenols is 1. The fraction of sp³-hybridized carbons (Fsp3) is 0.480. The third-order valence-corrected chi connectivity index (χ3v) is 6.99. The van der Waals surface area contributed by atoms with E-state index in [9.17, 15) is 34.8 Å². The molecule has 34 heavy (non-hydrogen) atoms. The van der Waals surface area contributed by atoms with Crippen LogP contribution in [0.2, 0.25) is 0 Å². The van der Waals surface area contributed by atoms with Gasteiger partial charge in [0.1, 0.15) is 22.8 Å². The van der Waals surface area contributed by atoms with Gasteiger partial charge in [-0.05, 0) is 29.7 Å². The lowest BCUT2D eigenvalue weighted by molar-refractivity contribution is -0.147. The molecule has 1 saturated carbocycles. The van der Waals surface area contributed by atoms with Gasteiger partial charge in [-0.1, -0.05) is 32.9 Å². The Bertz CT molecular complexity index is 1170. The number of phenolic OH excluding ortho intramolecular Hbond substituents is 1. The van der Waals surface area contributed by atoms with Crippen molar-refractivity contribution in [1.29, 1.82) is 0 Å². The number of ketones is 2. The smallest absolute Gasteiger partial charge is 0.255 e. The molecule has 3 aliphatic rings. The molecule has 0 saturated heterocycles. The number of carbonyl (C=O) groups excluding carboxylic acids is 3. The van der Waals surface area contributed by atoms with E-state index in [-0.39, 0.29) is 35.1 Å². The van der Waals surface area contributed by atoms with Crippen molar-refractivity contribution in [2.45, 2.75) is 52.2 Å². The summed E-state index contributed by atoms with van der Waals surface area (Å²) in [5.41, 5.74) is 3.05. The summed E-state index contributed by atoms with van der Waals surface area (Å²) < 4.78 is 0. The number of carbonyl (C=O) groups is 3. The van der Waals surface area contributed by atoms with Crippen LogP contribution in [-0.4, -0.2) is 50.0 Å². The highest BCUT2D eigenvalue weighted by molar-refractivity contribution is 6.22. The van der Waals surface area contributed by atoms with E-state index >= 15 is 0 Å². The molecule has 3 atom stereocenters. The lowest BCUT2D eigenvalue weighted by Gasteiger charge is -2.46.